The van der Waals surface area contributed by atoms with Gasteiger partial charge in [0.25, 0.3) is 0 Å². The quantitative estimate of drug-likeness (QED) is 0.729. The van der Waals surface area contributed by atoms with Gasteiger partial charge >= 0.3 is 0 Å². The molecule has 1 rings (SSSR count). The van der Waals surface area contributed by atoms with Crippen molar-refractivity contribution >= 4 is 11.5 Å². The van der Waals surface area contributed by atoms with E-state index in [4.69, 9.17) is 5.73 Å². The molecule has 17 heavy (non-hydrogen) atoms. The number of nitrogens with two attached hydrogens (primary N) is 1. The number of aryl methyl sites for hydroxylation is 2. The highest BCUT2D eigenvalue weighted by Gasteiger charge is 2.26. The minimum Gasteiger partial charge on any atom is -0.394 e. The molecule has 0 aliphatic carbocycles. The Bertz CT molecular complexity index is 382. The number of aliphatic hydroxyl groups is 1. The predicted molar refractivity (Wildman–Crippen MR) is 71.0 cm³/mol. The average Bonchev–Trinajstić information content (AvgIpc) is 2.46. The molecule has 1 aromatic heterocycles. The molecule has 0 saturated carbocycles. The number of nitrogens with one attached hydrogen (secondary N) is 1. The monoisotopic (exact) mass is 240 g/mol. The van der Waals surface area contributed by atoms with Crippen molar-refractivity contribution in [1.29, 1.82) is 0 Å². The summed E-state index contributed by atoms with van der Waals surface area (Å²) in [6.45, 7) is 7.72. The third kappa shape index (κ3) is 2.91. The Balaban J connectivity index is 2.99. The molecule has 1 atom stereocenters. The summed E-state index contributed by atoms with van der Waals surface area (Å²) in [4.78, 5) is 0. The van der Waals surface area contributed by atoms with Crippen LogP contribution in [0.5, 0.6) is 0 Å². The van der Waals surface area contributed by atoms with Gasteiger partial charge in [-0.2, -0.15) is 5.10 Å². The molecule has 0 fully saturated rings. The van der Waals surface area contributed by atoms with Crippen molar-refractivity contribution in [2.24, 2.45) is 7.05 Å². The first-order chi connectivity index (χ1) is 7.79. The first-order valence-corrected chi connectivity index (χ1v) is 6.07. The van der Waals surface area contributed by atoms with Crippen molar-refractivity contribution in [3.8, 4) is 0 Å². The maximum absolute atomic E-state index is 9.70. The average molecular weight is 240 g/mol. The maximum Gasteiger partial charge on any atom is 0.148 e. The standard InChI is InChI=1S/C12H24N4O/c1-6-7-9-10(13)11(16(5)15-9)14-12(3,4)8(2)17/h8,14,17H,6-7,13H2,1-5H3. The van der Waals surface area contributed by atoms with Gasteiger partial charge in [0.15, 0.2) is 0 Å². The fourth-order valence-corrected chi connectivity index (χ4v) is 1.58. The fourth-order valence-electron chi connectivity index (χ4n) is 1.58. The number of aromatic nitrogens is 2. The van der Waals surface area contributed by atoms with Crippen LogP contribution in [0, 0.1) is 0 Å². The highest BCUT2D eigenvalue weighted by atomic mass is 16.3. The Hall–Kier alpha value is -1.23. The van der Waals surface area contributed by atoms with E-state index in [1.807, 2.05) is 20.9 Å². The topological polar surface area (TPSA) is 76.1 Å². The molecule has 1 unspecified atom stereocenters. The fraction of sp³-hybridized carbons (Fsp3) is 0.750. The summed E-state index contributed by atoms with van der Waals surface area (Å²) < 4.78 is 1.74. The summed E-state index contributed by atoms with van der Waals surface area (Å²) in [6, 6.07) is 0. The number of nitrogen functional groups attached to an aromatic ring is 1. The molecular weight excluding hydrogens is 216 g/mol. The molecule has 5 nitrogen and oxygen atoms in total. The second-order valence-electron chi connectivity index (χ2n) is 5.11. The summed E-state index contributed by atoms with van der Waals surface area (Å²) in [5.41, 5.74) is 7.23. The van der Waals surface area contributed by atoms with Crippen molar-refractivity contribution < 1.29 is 5.11 Å². The molecule has 0 aliphatic heterocycles. The van der Waals surface area contributed by atoms with Crippen molar-refractivity contribution in [2.75, 3.05) is 11.1 Å². The van der Waals surface area contributed by atoms with E-state index in [9.17, 15) is 5.11 Å². The molecule has 0 radical (unpaired) electrons. The van der Waals surface area contributed by atoms with Gasteiger partial charge in [0.05, 0.1) is 23.0 Å². The smallest absolute Gasteiger partial charge is 0.148 e. The third-order valence-corrected chi connectivity index (χ3v) is 3.13. The van der Waals surface area contributed by atoms with E-state index in [1.54, 1.807) is 11.6 Å². The molecule has 0 saturated heterocycles. The van der Waals surface area contributed by atoms with E-state index in [1.165, 1.54) is 0 Å². The lowest BCUT2D eigenvalue weighted by molar-refractivity contribution is 0.133. The molecule has 0 aromatic carbocycles. The molecule has 4 N–H and O–H groups in total. The Morgan fingerprint density at radius 2 is 2.12 bits per heavy atom. The first-order valence-electron chi connectivity index (χ1n) is 6.07. The van der Waals surface area contributed by atoms with Crippen molar-refractivity contribution in [1.82, 2.24) is 9.78 Å². The number of aliphatic hydroxyl groups excluding tert-OH is 1. The van der Waals surface area contributed by atoms with Gasteiger partial charge in [-0.15, -0.1) is 0 Å². The van der Waals surface area contributed by atoms with E-state index in [0.717, 1.165) is 24.4 Å². The summed E-state index contributed by atoms with van der Waals surface area (Å²) in [6.07, 6.45) is 1.41. The van der Waals surface area contributed by atoms with Crippen LogP contribution in [0.4, 0.5) is 11.5 Å². The van der Waals surface area contributed by atoms with Gasteiger partial charge in [0.2, 0.25) is 0 Å². The van der Waals surface area contributed by atoms with Crippen LogP contribution >= 0.6 is 0 Å². The number of rotatable bonds is 5. The SMILES string of the molecule is CCCc1nn(C)c(NC(C)(C)C(C)O)c1N. The zero-order valence-corrected chi connectivity index (χ0v) is 11.4. The summed E-state index contributed by atoms with van der Waals surface area (Å²) >= 11 is 0. The highest BCUT2D eigenvalue weighted by Crippen LogP contribution is 2.27. The van der Waals surface area contributed by atoms with Crippen molar-refractivity contribution in [3.05, 3.63) is 5.69 Å². The molecule has 0 aliphatic rings. The second-order valence-corrected chi connectivity index (χ2v) is 5.11. The Kier molecular flexibility index (Phi) is 4.03. The molecular formula is C12H24N4O. The molecule has 0 bridgehead atoms. The van der Waals surface area contributed by atoms with Gasteiger partial charge < -0.3 is 16.2 Å². The minimum atomic E-state index is -0.480. The number of hydrogen-bond acceptors (Lipinski definition) is 4. The van der Waals surface area contributed by atoms with Crippen LogP contribution < -0.4 is 11.1 Å². The Morgan fingerprint density at radius 3 is 2.59 bits per heavy atom. The summed E-state index contributed by atoms with van der Waals surface area (Å²) in [7, 11) is 1.86. The minimum absolute atomic E-state index is 0.439. The predicted octanol–water partition coefficient (Wildman–Crippen LogP) is 1.53. The highest BCUT2D eigenvalue weighted by molar-refractivity contribution is 5.66. The largest absolute Gasteiger partial charge is 0.394 e. The van der Waals surface area contributed by atoms with E-state index >= 15 is 0 Å². The lowest BCUT2D eigenvalue weighted by Crippen LogP contribution is -2.42. The summed E-state index contributed by atoms with van der Waals surface area (Å²) in [5.74, 6) is 0.777. The van der Waals surface area contributed by atoms with E-state index in [-0.39, 0.29) is 0 Å². The Labute approximate surface area is 103 Å². The lowest BCUT2D eigenvalue weighted by Gasteiger charge is -2.30. The molecule has 0 spiro atoms. The molecule has 1 heterocycles. The second kappa shape index (κ2) is 4.96. The van der Waals surface area contributed by atoms with Gasteiger partial charge in [-0.05, 0) is 27.2 Å². The number of nitrogens with zero attached hydrogens (tertiary/aromatic N) is 2. The number of anilines is 2. The zero-order valence-electron chi connectivity index (χ0n) is 11.4. The third-order valence-electron chi connectivity index (χ3n) is 3.13. The van der Waals surface area contributed by atoms with Gasteiger partial charge in [0, 0.05) is 7.05 Å². The van der Waals surface area contributed by atoms with Crippen molar-refractivity contribution in [2.45, 2.75) is 52.2 Å². The van der Waals surface area contributed by atoms with Gasteiger partial charge in [0.1, 0.15) is 5.82 Å². The lowest BCUT2D eigenvalue weighted by atomic mass is 9.99. The van der Waals surface area contributed by atoms with Crippen LogP contribution in [0.3, 0.4) is 0 Å². The van der Waals surface area contributed by atoms with Crippen LogP contribution in [0.25, 0.3) is 0 Å². The normalized spacial score (nSPS) is 13.8. The maximum atomic E-state index is 9.70. The van der Waals surface area contributed by atoms with Crippen LogP contribution in [0.1, 0.15) is 39.8 Å². The van der Waals surface area contributed by atoms with Crippen LogP contribution in [-0.4, -0.2) is 26.5 Å². The molecule has 0 amide bonds. The zero-order chi connectivity index (χ0) is 13.2. The van der Waals surface area contributed by atoms with Crippen LogP contribution in [0.2, 0.25) is 0 Å². The van der Waals surface area contributed by atoms with E-state index < -0.39 is 11.6 Å². The molecule has 1 aromatic rings. The number of hydrogen-bond donors (Lipinski definition) is 3. The van der Waals surface area contributed by atoms with Gasteiger partial charge in [-0.25, -0.2) is 0 Å². The van der Waals surface area contributed by atoms with E-state index in [2.05, 4.69) is 17.3 Å². The van der Waals surface area contributed by atoms with Gasteiger partial charge in [-0.3, -0.25) is 4.68 Å². The molecule has 98 valence electrons. The van der Waals surface area contributed by atoms with Gasteiger partial charge in [-0.1, -0.05) is 13.3 Å². The Morgan fingerprint density at radius 1 is 1.53 bits per heavy atom. The first kappa shape index (κ1) is 13.8. The van der Waals surface area contributed by atoms with Crippen molar-refractivity contribution in [3.63, 3.8) is 0 Å². The van der Waals surface area contributed by atoms with Crippen LogP contribution in [0.15, 0.2) is 0 Å². The van der Waals surface area contributed by atoms with Crippen LogP contribution in [-0.2, 0) is 13.5 Å². The molecule has 5 heteroatoms. The van der Waals surface area contributed by atoms with E-state index in [0.29, 0.717) is 5.69 Å². The summed E-state index contributed by atoms with van der Waals surface area (Å²) in [5, 5.41) is 17.3.